The number of aliphatic hydroxyl groups is 1. The van der Waals surface area contributed by atoms with Gasteiger partial charge in [0.05, 0.1) is 19.8 Å². The van der Waals surface area contributed by atoms with Gasteiger partial charge in [0, 0.05) is 5.69 Å². The monoisotopic (exact) mass is 357 g/mol. The Kier molecular flexibility index (Phi) is 5.75. The molecular formula is C20H23NO5. The highest BCUT2D eigenvalue weighted by Crippen LogP contribution is 2.27. The number of hydrogen-bond donors (Lipinski definition) is 2. The fourth-order valence-electron chi connectivity index (χ4n) is 2.96. The lowest BCUT2D eigenvalue weighted by Crippen LogP contribution is -2.44. The topological polar surface area (TPSA) is 77.0 Å². The summed E-state index contributed by atoms with van der Waals surface area (Å²) in [6.07, 6.45) is -2.32. The van der Waals surface area contributed by atoms with Crippen LogP contribution in [0.1, 0.15) is 12.5 Å². The van der Waals surface area contributed by atoms with Crippen molar-refractivity contribution in [2.24, 2.45) is 0 Å². The summed E-state index contributed by atoms with van der Waals surface area (Å²) in [4.78, 5) is 12.3. The van der Waals surface area contributed by atoms with Gasteiger partial charge in [0.2, 0.25) is 0 Å². The van der Waals surface area contributed by atoms with Gasteiger partial charge in [-0.15, -0.1) is 0 Å². The molecule has 0 aromatic heterocycles. The number of cyclic esters (lactones) is 1. The molecule has 1 fully saturated rings. The molecule has 0 aliphatic carbocycles. The maximum atomic E-state index is 12.3. The van der Waals surface area contributed by atoms with E-state index in [0.29, 0.717) is 0 Å². The van der Waals surface area contributed by atoms with E-state index in [2.05, 4.69) is 5.32 Å². The lowest BCUT2D eigenvalue weighted by Gasteiger charge is -2.25. The van der Waals surface area contributed by atoms with Gasteiger partial charge in [0.25, 0.3) is 0 Å². The van der Waals surface area contributed by atoms with Crippen molar-refractivity contribution in [2.75, 3.05) is 12.4 Å². The Balaban J connectivity index is 1.74. The van der Waals surface area contributed by atoms with Crippen molar-refractivity contribution in [3.05, 3.63) is 60.2 Å². The highest BCUT2D eigenvalue weighted by molar-refractivity contribution is 5.79. The molecule has 0 saturated carbocycles. The Morgan fingerprint density at radius 3 is 2.46 bits per heavy atom. The number of methoxy groups -OCH3 is 1. The lowest BCUT2D eigenvalue weighted by atomic mass is 10.0. The number of nitrogens with one attached hydrogen (secondary N) is 1. The van der Waals surface area contributed by atoms with Crippen LogP contribution in [0.5, 0.6) is 5.75 Å². The Morgan fingerprint density at radius 1 is 1.15 bits per heavy atom. The fourth-order valence-corrected chi connectivity index (χ4v) is 2.96. The zero-order valence-corrected chi connectivity index (χ0v) is 14.8. The van der Waals surface area contributed by atoms with Gasteiger partial charge in [-0.2, -0.15) is 0 Å². The summed E-state index contributed by atoms with van der Waals surface area (Å²) in [6, 6.07) is 16.4. The van der Waals surface area contributed by atoms with E-state index in [1.54, 1.807) is 14.0 Å². The third kappa shape index (κ3) is 4.15. The van der Waals surface area contributed by atoms with Crippen LogP contribution in [0.3, 0.4) is 0 Å². The van der Waals surface area contributed by atoms with Gasteiger partial charge < -0.3 is 24.6 Å². The Morgan fingerprint density at radius 2 is 1.85 bits per heavy atom. The van der Waals surface area contributed by atoms with E-state index in [1.165, 1.54) is 0 Å². The normalized spacial score (nSPS) is 23.3. The fraction of sp³-hybridized carbons (Fsp3) is 0.350. The van der Waals surface area contributed by atoms with Crippen molar-refractivity contribution in [3.63, 3.8) is 0 Å². The van der Waals surface area contributed by atoms with Crippen molar-refractivity contribution in [1.82, 2.24) is 0 Å². The molecule has 2 N–H and O–H groups in total. The molecule has 1 aliphatic rings. The molecule has 0 unspecified atom stereocenters. The zero-order valence-electron chi connectivity index (χ0n) is 14.8. The van der Waals surface area contributed by atoms with Crippen molar-refractivity contribution < 1.29 is 24.1 Å². The van der Waals surface area contributed by atoms with Crippen LogP contribution in [-0.2, 0) is 20.9 Å². The minimum absolute atomic E-state index is 0.286. The molecule has 0 amide bonds. The predicted molar refractivity (Wildman–Crippen MR) is 97.0 cm³/mol. The molecule has 0 bridgehead atoms. The number of rotatable bonds is 7. The van der Waals surface area contributed by atoms with E-state index in [1.807, 2.05) is 54.6 Å². The highest BCUT2D eigenvalue weighted by atomic mass is 16.6. The first-order valence-electron chi connectivity index (χ1n) is 8.53. The predicted octanol–water partition coefficient (Wildman–Crippen LogP) is 2.37. The minimum Gasteiger partial charge on any atom is -0.497 e. The van der Waals surface area contributed by atoms with Crippen molar-refractivity contribution in [2.45, 2.75) is 37.9 Å². The maximum Gasteiger partial charge on any atom is 0.338 e. The standard InChI is InChI=1S/C20H23NO5/c1-13(22)18-17(21-15-8-10-16(24-2)11-9-15)19(20(23)26-18)25-12-14-6-4-3-5-7-14/h3-11,13,17-19,21-22H,12H2,1-2H3/t13-,17-,18+,19-/m0/s1. The van der Waals surface area contributed by atoms with Crippen LogP contribution in [0.25, 0.3) is 0 Å². The smallest absolute Gasteiger partial charge is 0.338 e. The highest BCUT2D eigenvalue weighted by Gasteiger charge is 2.47. The van der Waals surface area contributed by atoms with Crippen molar-refractivity contribution in [1.29, 1.82) is 0 Å². The van der Waals surface area contributed by atoms with Gasteiger partial charge in [-0.1, -0.05) is 30.3 Å². The minimum atomic E-state index is -0.819. The number of hydrogen-bond acceptors (Lipinski definition) is 6. The van der Waals surface area contributed by atoms with Gasteiger partial charge in [0.1, 0.15) is 11.8 Å². The number of carbonyl (C=O) groups excluding carboxylic acids is 1. The second-order valence-electron chi connectivity index (χ2n) is 6.26. The largest absolute Gasteiger partial charge is 0.497 e. The first kappa shape index (κ1) is 18.2. The number of benzene rings is 2. The molecule has 2 aromatic carbocycles. The molecule has 0 spiro atoms. The number of carbonyl (C=O) groups is 1. The number of aliphatic hydroxyl groups excluding tert-OH is 1. The van der Waals surface area contributed by atoms with Gasteiger partial charge in [-0.25, -0.2) is 4.79 Å². The van der Waals surface area contributed by atoms with Crippen molar-refractivity contribution in [3.8, 4) is 5.75 Å². The quantitative estimate of drug-likeness (QED) is 0.741. The second-order valence-corrected chi connectivity index (χ2v) is 6.26. The van der Waals surface area contributed by atoms with Gasteiger partial charge >= 0.3 is 5.97 Å². The average Bonchev–Trinajstić information content (AvgIpc) is 2.97. The Hall–Kier alpha value is -2.57. The average molecular weight is 357 g/mol. The molecule has 1 heterocycles. The molecular weight excluding hydrogens is 334 g/mol. The van der Waals surface area contributed by atoms with Crippen LogP contribution in [0, 0.1) is 0 Å². The van der Waals surface area contributed by atoms with E-state index in [0.717, 1.165) is 17.0 Å². The van der Waals surface area contributed by atoms with E-state index in [9.17, 15) is 9.90 Å². The summed E-state index contributed by atoms with van der Waals surface area (Å²) in [5.41, 5.74) is 1.75. The first-order chi connectivity index (χ1) is 12.6. The van der Waals surface area contributed by atoms with Gasteiger partial charge in [0.15, 0.2) is 12.2 Å². The van der Waals surface area contributed by atoms with E-state index < -0.39 is 30.3 Å². The molecule has 1 aliphatic heterocycles. The van der Waals surface area contributed by atoms with Gasteiger partial charge in [-0.3, -0.25) is 0 Å². The molecule has 26 heavy (non-hydrogen) atoms. The molecule has 1 saturated heterocycles. The molecule has 6 heteroatoms. The van der Waals surface area contributed by atoms with Crippen LogP contribution in [0.2, 0.25) is 0 Å². The van der Waals surface area contributed by atoms with Crippen LogP contribution < -0.4 is 10.1 Å². The van der Waals surface area contributed by atoms with Crippen LogP contribution in [0.4, 0.5) is 5.69 Å². The van der Waals surface area contributed by atoms with Crippen molar-refractivity contribution >= 4 is 11.7 Å². The van der Waals surface area contributed by atoms with E-state index in [-0.39, 0.29) is 6.61 Å². The number of anilines is 1. The maximum absolute atomic E-state index is 12.3. The van der Waals surface area contributed by atoms with Crippen LogP contribution in [-0.4, -0.2) is 42.5 Å². The van der Waals surface area contributed by atoms with Crippen LogP contribution in [0.15, 0.2) is 54.6 Å². The number of esters is 1. The molecule has 2 aromatic rings. The Labute approximate surface area is 152 Å². The van der Waals surface area contributed by atoms with E-state index >= 15 is 0 Å². The van der Waals surface area contributed by atoms with Crippen LogP contribution >= 0.6 is 0 Å². The summed E-state index contributed by atoms with van der Waals surface area (Å²) in [5, 5.41) is 13.3. The zero-order chi connectivity index (χ0) is 18.5. The molecule has 0 radical (unpaired) electrons. The first-order valence-corrected chi connectivity index (χ1v) is 8.53. The Bertz CT molecular complexity index is 717. The summed E-state index contributed by atoms with van der Waals surface area (Å²) >= 11 is 0. The molecule has 4 atom stereocenters. The van der Waals surface area contributed by atoms with Gasteiger partial charge in [-0.05, 0) is 36.8 Å². The lowest BCUT2D eigenvalue weighted by molar-refractivity contribution is -0.152. The summed E-state index contributed by atoms with van der Waals surface area (Å²) in [6.45, 7) is 1.88. The number of ether oxygens (including phenoxy) is 3. The third-order valence-corrected chi connectivity index (χ3v) is 4.34. The SMILES string of the molecule is COc1ccc(N[C@H]2[C@@H]([C@H](C)O)OC(=O)[C@H]2OCc2ccccc2)cc1. The third-order valence-electron chi connectivity index (χ3n) is 4.34. The molecule has 138 valence electrons. The molecule has 6 nitrogen and oxygen atoms in total. The van der Waals surface area contributed by atoms with E-state index in [4.69, 9.17) is 14.2 Å². The summed E-state index contributed by atoms with van der Waals surface area (Å²) in [7, 11) is 1.60. The molecule has 3 rings (SSSR count). The summed E-state index contributed by atoms with van der Waals surface area (Å²) < 4.78 is 16.3. The summed E-state index contributed by atoms with van der Waals surface area (Å²) in [5.74, 6) is 0.260. The second kappa shape index (κ2) is 8.21.